The number of Topliss-reactive ketones (excluding diaryl/α,β-unsaturated/α-hetero) is 1. The fourth-order valence-electron chi connectivity index (χ4n) is 1.76. The smallest absolute Gasteiger partial charge is 0.176 e. The molecule has 0 fully saturated rings. The number of aryl methyl sites for hydroxylation is 2. The molecule has 0 aliphatic carbocycles. The van der Waals surface area contributed by atoms with Gasteiger partial charge in [0.1, 0.15) is 0 Å². The molecule has 1 aromatic carbocycles. The van der Waals surface area contributed by atoms with E-state index in [-0.39, 0.29) is 11.5 Å². The van der Waals surface area contributed by atoms with Gasteiger partial charge in [-0.3, -0.25) is 9.00 Å². The average molecular weight is 278 g/mol. The number of benzene rings is 1. The zero-order valence-electron chi connectivity index (χ0n) is 10.3. The van der Waals surface area contributed by atoms with Crippen molar-refractivity contribution in [3.05, 3.63) is 51.7 Å². The lowest BCUT2D eigenvalue weighted by Crippen LogP contribution is -2.11. The summed E-state index contributed by atoms with van der Waals surface area (Å²) in [5.41, 5.74) is 0.710. The van der Waals surface area contributed by atoms with Crippen LogP contribution in [0.1, 0.15) is 20.1 Å². The Kier molecular flexibility index (Phi) is 4.09. The van der Waals surface area contributed by atoms with E-state index in [0.717, 1.165) is 9.75 Å². The fraction of sp³-hybridized carbons (Fsp3) is 0.214. The van der Waals surface area contributed by atoms with E-state index in [9.17, 15) is 9.00 Å². The summed E-state index contributed by atoms with van der Waals surface area (Å²) >= 11 is 1.60. The molecule has 0 aliphatic heterocycles. The third kappa shape index (κ3) is 2.94. The molecule has 1 aromatic heterocycles. The Balaban J connectivity index is 2.13. The van der Waals surface area contributed by atoms with Gasteiger partial charge in [0.2, 0.25) is 0 Å². The maximum atomic E-state index is 12.1. The van der Waals surface area contributed by atoms with Gasteiger partial charge in [0.15, 0.2) is 5.78 Å². The summed E-state index contributed by atoms with van der Waals surface area (Å²) in [4.78, 5) is 14.9. The predicted octanol–water partition coefficient (Wildman–Crippen LogP) is 3.36. The van der Waals surface area contributed by atoms with Crippen molar-refractivity contribution in [2.45, 2.75) is 18.7 Å². The minimum atomic E-state index is -1.26. The van der Waals surface area contributed by atoms with Crippen molar-refractivity contribution in [3.8, 4) is 0 Å². The molecule has 0 amide bonds. The van der Waals surface area contributed by atoms with Gasteiger partial charge in [-0.05, 0) is 32.0 Å². The highest BCUT2D eigenvalue weighted by Crippen LogP contribution is 2.21. The highest BCUT2D eigenvalue weighted by molar-refractivity contribution is 7.85. The standard InChI is InChI=1S/C14H14O2S2/c1-10-8-13(11(2)17-10)14(15)9-18(16)12-6-4-3-5-7-12/h3-8H,9H2,1-2H3. The highest BCUT2D eigenvalue weighted by atomic mass is 32.2. The van der Waals surface area contributed by atoms with E-state index in [0.29, 0.717) is 10.5 Å². The van der Waals surface area contributed by atoms with Crippen LogP contribution in [-0.4, -0.2) is 15.7 Å². The summed E-state index contributed by atoms with van der Waals surface area (Å²) in [6.07, 6.45) is 0. The third-order valence-electron chi connectivity index (χ3n) is 2.61. The lowest BCUT2D eigenvalue weighted by molar-refractivity contribution is 0.102. The Morgan fingerprint density at radius 1 is 1.22 bits per heavy atom. The van der Waals surface area contributed by atoms with Crippen LogP contribution in [0.2, 0.25) is 0 Å². The average Bonchev–Trinajstić information content (AvgIpc) is 2.69. The van der Waals surface area contributed by atoms with Gasteiger partial charge in [0, 0.05) is 20.2 Å². The van der Waals surface area contributed by atoms with Crippen LogP contribution in [0.5, 0.6) is 0 Å². The molecule has 1 heterocycles. The second-order valence-corrected chi connectivity index (χ2v) is 6.96. The first-order valence-corrected chi connectivity index (χ1v) is 7.75. The minimum absolute atomic E-state index is 0.0426. The lowest BCUT2D eigenvalue weighted by atomic mass is 10.2. The summed E-state index contributed by atoms with van der Waals surface area (Å²) in [5, 5.41) is 0. The van der Waals surface area contributed by atoms with Gasteiger partial charge in [-0.15, -0.1) is 11.3 Å². The molecule has 94 valence electrons. The Morgan fingerprint density at radius 2 is 1.89 bits per heavy atom. The highest BCUT2D eigenvalue weighted by Gasteiger charge is 2.15. The van der Waals surface area contributed by atoms with Gasteiger partial charge in [-0.25, -0.2) is 0 Å². The first-order valence-electron chi connectivity index (χ1n) is 5.61. The van der Waals surface area contributed by atoms with Crippen molar-refractivity contribution in [1.29, 1.82) is 0 Å². The van der Waals surface area contributed by atoms with Gasteiger partial charge in [0.25, 0.3) is 0 Å². The molecule has 0 N–H and O–H groups in total. The van der Waals surface area contributed by atoms with E-state index in [1.54, 1.807) is 23.5 Å². The topological polar surface area (TPSA) is 34.1 Å². The molecule has 0 radical (unpaired) electrons. The zero-order chi connectivity index (χ0) is 13.1. The molecule has 0 aliphatic rings. The molecular formula is C14H14O2S2. The van der Waals surface area contributed by atoms with E-state index in [4.69, 9.17) is 0 Å². The normalized spacial score (nSPS) is 12.3. The Hall–Kier alpha value is -1.26. The van der Waals surface area contributed by atoms with Crippen molar-refractivity contribution < 1.29 is 9.00 Å². The predicted molar refractivity (Wildman–Crippen MR) is 75.8 cm³/mol. The molecule has 0 bridgehead atoms. The van der Waals surface area contributed by atoms with E-state index >= 15 is 0 Å². The molecule has 0 spiro atoms. The second-order valence-electron chi connectivity index (χ2n) is 4.05. The summed E-state index contributed by atoms with van der Waals surface area (Å²) in [7, 11) is -1.26. The van der Waals surface area contributed by atoms with Gasteiger partial charge in [-0.2, -0.15) is 0 Å². The number of rotatable bonds is 4. The first kappa shape index (κ1) is 13.2. The molecule has 2 aromatic rings. The van der Waals surface area contributed by atoms with Gasteiger partial charge in [-0.1, -0.05) is 18.2 Å². The number of hydrogen-bond donors (Lipinski definition) is 0. The molecule has 1 unspecified atom stereocenters. The number of carbonyl (C=O) groups excluding carboxylic acids is 1. The molecule has 0 saturated carbocycles. The summed E-state index contributed by atoms with van der Waals surface area (Å²) in [6.45, 7) is 3.90. The molecule has 0 saturated heterocycles. The summed E-state index contributed by atoms with van der Waals surface area (Å²) in [6, 6.07) is 11.0. The van der Waals surface area contributed by atoms with E-state index in [1.165, 1.54) is 0 Å². The fourth-order valence-corrected chi connectivity index (χ4v) is 3.72. The van der Waals surface area contributed by atoms with E-state index < -0.39 is 10.8 Å². The largest absolute Gasteiger partial charge is 0.293 e. The molecule has 2 rings (SSSR count). The molecule has 2 nitrogen and oxygen atoms in total. The van der Waals surface area contributed by atoms with Crippen LogP contribution in [0.25, 0.3) is 0 Å². The maximum absolute atomic E-state index is 12.1. The van der Waals surface area contributed by atoms with Crippen molar-refractivity contribution >= 4 is 27.9 Å². The van der Waals surface area contributed by atoms with Gasteiger partial charge in [0.05, 0.1) is 16.6 Å². The van der Waals surface area contributed by atoms with Crippen molar-refractivity contribution in [2.24, 2.45) is 0 Å². The van der Waals surface area contributed by atoms with E-state index in [2.05, 4.69) is 0 Å². The third-order valence-corrected chi connectivity index (χ3v) is 4.90. The van der Waals surface area contributed by atoms with Crippen molar-refractivity contribution in [3.63, 3.8) is 0 Å². The lowest BCUT2D eigenvalue weighted by Gasteiger charge is -2.01. The van der Waals surface area contributed by atoms with Gasteiger partial charge >= 0.3 is 0 Å². The van der Waals surface area contributed by atoms with E-state index in [1.807, 2.05) is 38.1 Å². The summed E-state index contributed by atoms with van der Waals surface area (Å²) in [5.74, 6) is 0.0140. The summed E-state index contributed by atoms with van der Waals surface area (Å²) < 4.78 is 12.0. The molecule has 18 heavy (non-hydrogen) atoms. The maximum Gasteiger partial charge on any atom is 0.176 e. The molecule has 4 heteroatoms. The number of carbonyl (C=O) groups is 1. The van der Waals surface area contributed by atoms with Crippen LogP contribution in [0, 0.1) is 13.8 Å². The zero-order valence-corrected chi connectivity index (χ0v) is 11.9. The SMILES string of the molecule is Cc1cc(C(=O)CS(=O)c2ccccc2)c(C)s1. The molecule has 1 atom stereocenters. The Labute approximate surface area is 113 Å². The van der Waals surface area contributed by atoms with Crippen LogP contribution in [0.3, 0.4) is 0 Å². The van der Waals surface area contributed by atoms with Crippen LogP contribution in [0.15, 0.2) is 41.3 Å². The van der Waals surface area contributed by atoms with Crippen LogP contribution in [0.4, 0.5) is 0 Å². The Bertz CT molecular complexity index is 585. The second kappa shape index (κ2) is 5.59. The first-order chi connectivity index (χ1) is 8.58. The number of hydrogen-bond acceptors (Lipinski definition) is 3. The van der Waals surface area contributed by atoms with Crippen LogP contribution >= 0.6 is 11.3 Å². The Morgan fingerprint density at radius 3 is 2.44 bits per heavy atom. The number of ketones is 1. The van der Waals surface area contributed by atoms with Crippen molar-refractivity contribution in [1.82, 2.24) is 0 Å². The number of thiophene rings is 1. The quantitative estimate of drug-likeness (QED) is 0.804. The van der Waals surface area contributed by atoms with Gasteiger partial charge < -0.3 is 0 Å². The minimum Gasteiger partial charge on any atom is -0.293 e. The van der Waals surface area contributed by atoms with Crippen molar-refractivity contribution in [2.75, 3.05) is 5.75 Å². The molecular weight excluding hydrogens is 264 g/mol. The van der Waals surface area contributed by atoms with Crippen LogP contribution in [-0.2, 0) is 10.8 Å². The van der Waals surface area contributed by atoms with Crippen LogP contribution < -0.4 is 0 Å². The monoisotopic (exact) mass is 278 g/mol.